The second-order valence-corrected chi connectivity index (χ2v) is 4.77. The zero-order valence-electron chi connectivity index (χ0n) is 7.97. The average molecular weight is 196 g/mol. The van der Waals surface area contributed by atoms with Crippen molar-refractivity contribution in [2.45, 2.75) is 31.7 Å². The van der Waals surface area contributed by atoms with E-state index in [1.54, 1.807) is 0 Å². The predicted octanol–water partition coefficient (Wildman–Crippen LogP) is 2.50. The number of halogens is 1. The summed E-state index contributed by atoms with van der Waals surface area (Å²) in [5.41, 5.74) is 8.83. The average Bonchev–Trinajstić information content (AvgIpc) is 2.23. The normalized spacial score (nSPS) is 24.5. The minimum atomic E-state index is 0.0971. The summed E-state index contributed by atoms with van der Waals surface area (Å²) in [4.78, 5) is 0. The van der Waals surface area contributed by atoms with Crippen LogP contribution in [-0.4, -0.2) is 6.04 Å². The summed E-state index contributed by atoms with van der Waals surface area (Å²) in [6.45, 7) is 4.38. The van der Waals surface area contributed by atoms with Gasteiger partial charge in [0.25, 0.3) is 0 Å². The van der Waals surface area contributed by atoms with Gasteiger partial charge in [-0.25, -0.2) is 0 Å². The van der Waals surface area contributed by atoms with Crippen LogP contribution in [-0.2, 0) is 11.8 Å². The Labute approximate surface area is 83.9 Å². The maximum atomic E-state index is 6.07. The third-order valence-corrected chi connectivity index (χ3v) is 3.36. The molecule has 1 aromatic rings. The molecule has 0 saturated heterocycles. The molecule has 1 aliphatic rings. The molecule has 0 saturated carbocycles. The molecular formula is C11H14ClN. The zero-order valence-corrected chi connectivity index (χ0v) is 8.73. The van der Waals surface area contributed by atoms with Gasteiger partial charge in [0, 0.05) is 16.5 Å². The van der Waals surface area contributed by atoms with Crippen molar-refractivity contribution < 1.29 is 0 Å². The first kappa shape index (κ1) is 9.04. The first-order valence-electron chi connectivity index (χ1n) is 4.56. The van der Waals surface area contributed by atoms with E-state index in [-0.39, 0.29) is 11.5 Å². The van der Waals surface area contributed by atoms with Crippen molar-refractivity contribution in [1.29, 1.82) is 0 Å². The van der Waals surface area contributed by atoms with Crippen LogP contribution >= 0.6 is 11.6 Å². The van der Waals surface area contributed by atoms with Crippen LogP contribution in [0.15, 0.2) is 18.2 Å². The lowest BCUT2D eigenvalue weighted by Gasteiger charge is -2.24. The van der Waals surface area contributed by atoms with Gasteiger partial charge in [0.1, 0.15) is 0 Å². The first-order chi connectivity index (χ1) is 6.01. The van der Waals surface area contributed by atoms with E-state index in [0.717, 1.165) is 11.4 Å². The van der Waals surface area contributed by atoms with Gasteiger partial charge in [-0.2, -0.15) is 0 Å². The van der Waals surface area contributed by atoms with Crippen molar-refractivity contribution in [2.24, 2.45) is 5.73 Å². The lowest BCUT2D eigenvalue weighted by atomic mass is 9.83. The van der Waals surface area contributed by atoms with E-state index in [2.05, 4.69) is 19.9 Å². The molecule has 0 aliphatic heterocycles. The Hall–Kier alpha value is -0.530. The molecule has 0 spiro atoms. The molecule has 2 rings (SSSR count). The van der Waals surface area contributed by atoms with Crippen molar-refractivity contribution in [3.8, 4) is 0 Å². The number of hydrogen-bond donors (Lipinski definition) is 1. The second-order valence-electron chi connectivity index (χ2n) is 4.33. The molecular weight excluding hydrogens is 182 g/mol. The van der Waals surface area contributed by atoms with Crippen LogP contribution < -0.4 is 5.73 Å². The molecule has 2 heteroatoms. The second kappa shape index (κ2) is 2.73. The van der Waals surface area contributed by atoms with Gasteiger partial charge in [0.05, 0.1) is 0 Å². The number of rotatable bonds is 0. The largest absolute Gasteiger partial charge is 0.327 e. The summed E-state index contributed by atoms with van der Waals surface area (Å²) in [6, 6.07) is 6.30. The maximum absolute atomic E-state index is 6.07. The van der Waals surface area contributed by atoms with Crippen molar-refractivity contribution in [1.82, 2.24) is 0 Å². The Bertz CT molecular complexity index is 344. The summed E-state index contributed by atoms with van der Waals surface area (Å²) >= 11 is 5.92. The summed E-state index contributed by atoms with van der Waals surface area (Å²) in [6.07, 6.45) is 0.947. The molecule has 2 N–H and O–H groups in total. The van der Waals surface area contributed by atoms with Gasteiger partial charge in [-0.15, -0.1) is 0 Å². The van der Waals surface area contributed by atoms with Gasteiger partial charge < -0.3 is 5.73 Å². The fraction of sp³-hybridized carbons (Fsp3) is 0.455. The molecule has 0 radical (unpaired) electrons. The Morgan fingerprint density at radius 3 is 2.85 bits per heavy atom. The topological polar surface area (TPSA) is 26.0 Å². The van der Waals surface area contributed by atoms with E-state index < -0.39 is 0 Å². The molecule has 1 unspecified atom stereocenters. The van der Waals surface area contributed by atoms with Crippen molar-refractivity contribution >= 4 is 11.6 Å². The number of hydrogen-bond acceptors (Lipinski definition) is 1. The van der Waals surface area contributed by atoms with Gasteiger partial charge in [0.2, 0.25) is 0 Å². The zero-order chi connectivity index (χ0) is 9.64. The third kappa shape index (κ3) is 1.27. The van der Waals surface area contributed by atoms with Crippen LogP contribution in [0, 0.1) is 0 Å². The van der Waals surface area contributed by atoms with E-state index in [4.69, 9.17) is 17.3 Å². The van der Waals surface area contributed by atoms with E-state index in [0.29, 0.717) is 0 Å². The number of benzene rings is 1. The minimum Gasteiger partial charge on any atom is -0.327 e. The molecule has 1 aliphatic carbocycles. The van der Waals surface area contributed by atoms with Gasteiger partial charge in [-0.1, -0.05) is 31.5 Å². The highest BCUT2D eigenvalue weighted by Gasteiger charge is 2.36. The highest BCUT2D eigenvalue weighted by atomic mass is 35.5. The molecule has 1 aromatic carbocycles. The Balaban J connectivity index is 2.55. The monoisotopic (exact) mass is 195 g/mol. The Morgan fingerprint density at radius 1 is 1.46 bits per heavy atom. The fourth-order valence-corrected chi connectivity index (χ4v) is 2.25. The molecule has 0 heterocycles. The summed E-state index contributed by atoms with van der Waals surface area (Å²) in [5, 5.41) is 0.809. The van der Waals surface area contributed by atoms with Crippen LogP contribution in [0.4, 0.5) is 0 Å². The smallest absolute Gasteiger partial charge is 0.0408 e. The number of fused-ring (bicyclic) bond motifs is 1. The van der Waals surface area contributed by atoms with Gasteiger partial charge in [0.15, 0.2) is 0 Å². The highest BCUT2D eigenvalue weighted by molar-refractivity contribution is 6.30. The van der Waals surface area contributed by atoms with Crippen LogP contribution in [0.25, 0.3) is 0 Å². The summed E-state index contributed by atoms with van der Waals surface area (Å²) in [7, 11) is 0. The van der Waals surface area contributed by atoms with Crippen LogP contribution in [0.1, 0.15) is 25.0 Å². The van der Waals surface area contributed by atoms with Crippen molar-refractivity contribution in [2.75, 3.05) is 0 Å². The fourth-order valence-electron chi connectivity index (χ4n) is 2.05. The summed E-state index contributed by atoms with van der Waals surface area (Å²) < 4.78 is 0. The van der Waals surface area contributed by atoms with Crippen molar-refractivity contribution in [3.05, 3.63) is 34.3 Å². The quantitative estimate of drug-likeness (QED) is 0.677. The SMILES string of the molecule is CC1(C)c2ccc(Cl)cc2CC1N. The van der Waals surface area contributed by atoms with E-state index in [1.165, 1.54) is 11.1 Å². The third-order valence-electron chi connectivity index (χ3n) is 3.13. The molecule has 1 atom stereocenters. The van der Waals surface area contributed by atoms with Gasteiger partial charge in [-0.05, 0) is 29.7 Å². The van der Waals surface area contributed by atoms with Gasteiger partial charge >= 0.3 is 0 Å². The standard InChI is InChI=1S/C11H14ClN/c1-11(2)9-4-3-8(12)5-7(9)6-10(11)13/h3-5,10H,6,13H2,1-2H3. The lowest BCUT2D eigenvalue weighted by Crippen LogP contribution is -2.36. The molecule has 0 aromatic heterocycles. The van der Waals surface area contributed by atoms with E-state index in [1.807, 2.05) is 12.1 Å². The maximum Gasteiger partial charge on any atom is 0.0408 e. The number of nitrogens with two attached hydrogens (primary N) is 1. The Morgan fingerprint density at radius 2 is 2.15 bits per heavy atom. The minimum absolute atomic E-state index is 0.0971. The van der Waals surface area contributed by atoms with Gasteiger partial charge in [-0.3, -0.25) is 0 Å². The van der Waals surface area contributed by atoms with Crippen LogP contribution in [0.2, 0.25) is 5.02 Å². The predicted molar refractivity (Wildman–Crippen MR) is 56.2 cm³/mol. The first-order valence-corrected chi connectivity index (χ1v) is 4.94. The van der Waals surface area contributed by atoms with E-state index >= 15 is 0 Å². The lowest BCUT2D eigenvalue weighted by molar-refractivity contribution is 0.445. The van der Waals surface area contributed by atoms with Crippen molar-refractivity contribution in [3.63, 3.8) is 0 Å². The molecule has 1 nitrogen and oxygen atoms in total. The van der Waals surface area contributed by atoms with Crippen LogP contribution in [0.5, 0.6) is 0 Å². The molecule has 0 bridgehead atoms. The molecule has 13 heavy (non-hydrogen) atoms. The highest BCUT2D eigenvalue weighted by Crippen LogP contribution is 2.38. The molecule has 0 amide bonds. The van der Waals surface area contributed by atoms with E-state index in [9.17, 15) is 0 Å². The summed E-state index contributed by atoms with van der Waals surface area (Å²) in [5.74, 6) is 0. The molecule has 0 fully saturated rings. The Kier molecular flexibility index (Phi) is 1.90. The molecule has 70 valence electrons. The van der Waals surface area contributed by atoms with Crippen LogP contribution in [0.3, 0.4) is 0 Å².